The number of hydrogen-bond acceptors (Lipinski definition) is 3. The van der Waals surface area contributed by atoms with Crippen molar-refractivity contribution in [1.29, 1.82) is 0 Å². The molecule has 108 valence electrons. The van der Waals surface area contributed by atoms with Gasteiger partial charge in [-0.2, -0.15) is 0 Å². The third-order valence-corrected chi connectivity index (χ3v) is 3.30. The number of halogens is 1. The van der Waals surface area contributed by atoms with Gasteiger partial charge in [0.1, 0.15) is 17.3 Å². The van der Waals surface area contributed by atoms with E-state index < -0.39 is 0 Å². The van der Waals surface area contributed by atoms with Crippen molar-refractivity contribution in [1.82, 2.24) is 15.0 Å². The Labute approximate surface area is 118 Å². The summed E-state index contributed by atoms with van der Waals surface area (Å²) < 4.78 is 12.9. The first-order valence-electron chi connectivity index (χ1n) is 6.89. The van der Waals surface area contributed by atoms with Crippen LogP contribution in [0.5, 0.6) is 0 Å². The Morgan fingerprint density at radius 1 is 1.35 bits per heavy atom. The van der Waals surface area contributed by atoms with Crippen molar-refractivity contribution in [3.8, 4) is 11.4 Å². The lowest BCUT2D eigenvalue weighted by atomic mass is 9.97. The molecule has 2 rings (SSSR count). The highest BCUT2D eigenvalue weighted by Gasteiger charge is 2.18. The first kappa shape index (κ1) is 14.7. The van der Waals surface area contributed by atoms with Gasteiger partial charge in [-0.25, -0.2) is 9.37 Å². The van der Waals surface area contributed by atoms with Gasteiger partial charge in [0.05, 0.1) is 11.9 Å². The summed E-state index contributed by atoms with van der Waals surface area (Å²) in [6.45, 7) is 6.84. The number of aromatic amines is 1. The topological polar surface area (TPSA) is 67.6 Å². The van der Waals surface area contributed by atoms with E-state index in [9.17, 15) is 4.39 Å². The molecular weight excluding hydrogens is 255 g/mol. The number of nitrogens with two attached hydrogens (primary N) is 1. The molecule has 4 nitrogen and oxygen atoms in total. The molecule has 0 amide bonds. The summed E-state index contributed by atoms with van der Waals surface area (Å²) in [7, 11) is 0. The Balaban J connectivity index is 2.31. The fourth-order valence-electron chi connectivity index (χ4n) is 2.33. The number of aryl methyl sites for hydroxylation is 1. The number of nitrogens with one attached hydrogen (secondary N) is 1. The third-order valence-electron chi connectivity index (χ3n) is 3.30. The highest BCUT2D eigenvalue weighted by Crippen LogP contribution is 2.25. The summed E-state index contributed by atoms with van der Waals surface area (Å²) in [5.74, 6) is 1.31. The standard InChI is InChI=1S/C15H21FN4/c1-9(2)6-11(7-17)15-19-10(3)14(20-15)13-5-4-12(16)8-18-13/h4-5,8-9,11H,6-7,17H2,1-3H3,(H,19,20). The van der Waals surface area contributed by atoms with Gasteiger partial charge in [0, 0.05) is 18.2 Å². The van der Waals surface area contributed by atoms with Crippen molar-refractivity contribution < 1.29 is 4.39 Å². The maximum Gasteiger partial charge on any atom is 0.141 e. The fourth-order valence-corrected chi connectivity index (χ4v) is 2.33. The van der Waals surface area contributed by atoms with Gasteiger partial charge in [0.2, 0.25) is 0 Å². The van der Waals surface area contributed by atoms with Gasteiger partial charge < -0.3 is 10.7 Å². The van der Waals surface area contributed by atoms with E-state index in [4.69, 9.17) is 5.73 Å². The molecule has 1 unspecified atom stereocenters. The van der Waals surface area contributed by atoms with Crippen LogP contribution in [0.25, 0.3) is 11.4 Å². The molecule has 0 aliphatic rings. The average Bonchev–Trinajstić information content (AvgIpc) is 2.78. The molecular formula is C15H21FN4. The first-order valence-corrected chi connectivity index (χ1v) is 6.89. The average molecular weight is 276 g/mol. The monoisotopic (exact) mass is 276 g/mol. The molecule has 1 atom stereocenters. The predicted molar refractivity (Wildman–Crippen MR) is 77.8 cm³/mol. The molecule has 2 aromatic heterocycles. The lowest BCUT2D eigenvalue weighted by Gasteiger charge is -2.14. The van der Waals surface area contributed by atoms with Crippen LogP contribution in [-0.2, 0) is 0 Å². The molecule has 20 heavy (non-hydrogen) atoms. The van der Waals surface area contributed by atoms with E-state index in [0.717, 1.165) is 23.6 Å². The van der Waals surface area contributed by atoms with Crippen LogP contribution in [-0.4, -0.2) is 21.5 Å². The summed E-state index contributed by atoms with van der Waals surface area (Å²) in [5.41, 5.74) is 8.22. The third kappa shape index (κ3) is 3.22. The van der Waals surface area contributed by atoms with Crippen molar-refractivity contribution >= 4 is 0 Å². The number of H-pyrrole nitrogens is 1. The predicted octanol–water partition coefficient (Wildman–Crippen LogP) is 3.01. The molecule has 0 aromatic carbocycles. The largest absolute Gasteiger partial charge is 0.345 e. The number of pyridine rings is 1. The van der Waals surface area contributed by atoms with Crippen molar-refractivity contribution in [2.75, 3.05) is 6.54 Å². The van der Waals surface area contributed by atoms with Gasteiger partial charge in [-0.15, -0.1) is 0 Å². The molecule has 0 bridgehead atoms. The number of nitrogens with zero attached hydrogens (tertiary/aromatic N) is 2. The fraction of sp³-hybridized carbons (Fsp3) is 0.467. The summed E-state index contributed by atoms with van der Waals surface area (Å²) >= 11 is 0. The highest BCUT2D eigenvalue weighted by atomic mass is 19.1. The second kappa shape index (κ2) is 6.13. The minimum atomic E-state index is -0.346. The molecule has 2 aromatic rings. The normalized spacial score (nSPS) is 12.9. The van der Waals surface area contributed by atoms with Crippen LogP contribution >= 0.6 is 0 Å². The van der Waals surface area contributed by atoms with Crippen molar-refractivity contribution in [3.63, 3.8) is 0 Å². The Morgan fingerprint density at radius 3 is 2.65 bits per heavy atom. The molecule has 0 saturated carbocycles. The van der Waals surface area contributed by atoms with Crippen LogP contribution in [0.15, 0.2) is 18.3 Å². The van der Waals surface area contributed by atoms with E-state index in [-0.39, 0.29) is 11.7 Å². The van der Waals surface area contributed by atoms with Crippen molar-refractivity contribution in [2.24, 2.45) is 11.7 Å². The molecule has 0 saturated heterocycles. The zero-order chi connectivity index (χ0) is 14.7. The van der Waals surface area contributed by atoms with Gasteiger partial charge in [0.15, 0.2) is 0 Å². The Kier molecular flexibility index (Phi) is 4.49. The summed E-state index contributed by atoms with van der Waals surface area (Å²) in [4.78, 5) is 12.0. The molecule has 0 aliphatic carbocycles. The van der Waals surface area contributed by atoms with Gasteiger partial charge in [0.25, 0.3) is 0 Å². The van der Waals surface area contributed by atoms with Gasteiger partial charge in [-0.1, -0.05) is 13.8 Å². The second-order valence-corrected chi connectivity index (χ2v) is 5.52. The lowest BCUT2D eigenvalue weighted by molar-refractivity contribution is 0.490. The summed E-state index contributed by atoms with van der Waals surface area (Å²) in [6.07, 6.45) is 2.19. The maximum atomic E-state index is 12.9. The molecule has 0 aliphatic heterocycles. The van der Waals surface area contributed by atoms with Crippen molar-refractivity contribution in [3.05, 3.63) is 35.7 Å². The van der Waals surface area contributed by atoms with Crippen LogP contribution in [0.4, 0.5) is 4.39 Å². The molecule has 0 spiro atoms. The van der Waals surface area contributed by atoms with Crippen LogP contribution < -0.4 is 5.73 Å². The number of hydrogen-bond donors (Lipinski definition) is 2. The van der Waals surface area contributed by atoms with Crippen LogP contribution in [0, 0.1) is 18.7 Å². The van der Waals surface area contributed by atoms with Gasteiger partial charge >= 0.3 is 0 Å². The minimum absolute atomic E-state index is 0.211. The van der Waals surface area contributed by atoms with Crippen LogP contribution in [0.2, 0.25) is 0 Å². The quantitative estimate of drug-likeness (QED) is 0.882. The zero-order valence-corrected chi connectivity index (χ0v) is 12.2. The summed E-state index contributed by atoms with van der Waals surface area (Å²) in [6, 6.07) is 3.03. The van der Waals surface area contributed by atoms with E-state index in [2.05, 4.69) is 28.8 Å². The number of aromatic nitrogens is 3. The summed E-state index contributed by atoms with van der Waals surface area (Å²) in [5, 5.41) is 0. The van der Waals surface area contributed by atoms with Gasteiger partial charge in [-0.05, 0) is 31.4 Å². The molecule has 0 radical (unpaired) electrons. The smallest absolute Gasteiger partial charge is 0.141 e. The zero-order valence-electron chi connectivity index (χ0n) is 12.2. The van der Waals surface area contributed by atoms with E-state index in [1.165, 1.54) is 12.3 Å². The Hall–Kier alpha value is -1.75. The highest BCUT2D eigenvalue weighted by molar-refractivity contribution is 5.57. The SMILES string of the molecule is Cc1[nH]c(C(CN)CC(C)C)nc1-c1ccc(F)cn1. The number of rotatable bonds is 5. The van der Waals surface area contributed by atoms with Crippen LogP contribution in [0.1, 0.15) is 37.7 Å². The second-order valence-electron chi connectivity index (χ2n) is 5.52. The molecule has 5 heteroatoms. The van der Waals surface area contributed by atoms with E-state index in [0.29, 0.717) is 18.2 Å². The van der Waals surface area contributed by atoms with Gasteiger partial charge in [-0.3, -0.25) is 4.98 Å². The molecule has 2 heterocycles. The van der Waals surface area contributed by atoms with Crippen molar-refractivity contribution in [2.45, 2.75) is 33.1 Å². The van der Waals surface area contributed by atoms with E-state index in [1.54, 1.807) is 6.07 Å². The molecule has 3 N–H and O–H groups in total. The van der Waals surface area contributed by atoms with E-state index in [1.807, 2.05) is 6.92 Å². The van der Waals surface area contributed by atoms with Crippen LogP contribution in [0.3, 0.4) is 0 Å². The Morgan fingerprint density at radius 2 is 2.10 bits per heavy atom. The van der Waals surface area contributed by atoms with E-state index >= 15 is 0 Å². The molecule has 0 fully saturated rings. The lowest BCUT2D eigenvalue weighted by Crippen LogP contribution is -2.16. The Bertz CT molecular complexity index is 560. The first-order chi connectivity index (χ1) is 9.51. The maximum absolute atomic E-state index is 12.9. The minimum Gasteiger partial charge on any atom is -0.345 e. The number of imidazole rings is 1.